The SMILES string of the molecule is Nc1ccccc1OCCCOC1CCCC1. The van der Waals surface area contributed by atoms with Crippen LogP contribution in [0.3, 0.4) is 0 Å². The van der Waals surface area contributed by atoms with Gasteiger partial charge in [0.25, 0.3) is 0 Å². The van der Waals surface area contributed by atoms with Crippen molar-refractivity contribution in [2.24, 2.45) is 0 Å². The third-order valence-corrected chi connectivity index (χ3v) is 3.12. The van der Waals surface area contributed by atoms with E-state index < -0.39 is 0 Å². The molecule has 0 aromatic heterocycles. The van der Waals surface area contributed by atoms with Gasteiger partial charge in [0.05, 0.1) is 25.0 Å². The third-order valence-electron chi connectivity index (χ3n) is 3.12. The van der Waals surface area contributed by atoms with Crippen LogP contribution in [0.4, 0.5) is 5.69 Å². The average Bonchev–Trinajstić information content (AvgIpc) is 2.84. The number of hydrogen-bond acceptors (Lipinski definition) is 3. The van der Waals surface area contributed by atoms with Crippen molar-refractivity contribution >= 4 is 5.69 Å². The van der Waals surface area contributed by atoms with E-state index in [9.17, 15) is 0 Å². The highest BCUT2D eigenvalue weighted by Crippen LogP contribution is 2.21. The standard InChI is InChI=1S/C14H21NO2/c15-13-8-3-4-9-14(13)17-11-5-10-16-12-6-1-2-7-12/h3-4,8-9,12H,1-2,5-7,10-11,15H2. The molecule has 17 heavy (non-hydrogen) atoms. The first kappa shape index (κ1) is 12.2. The lowest BCUT2D eigenvalue weighted by Gasteiger charge is -2.12. The van der Waals surface area contributed by atoms with Gasteiger partial charge in [0.15, 0.2) is 0 Å². The molecular weight excluding hydrogens is 214 g/mol. The maximum absolute atomic E-state index is 5.78. The molecule has 0 heterocycles. The molecule has 0 spiro atoms. The molecule has 0 saturated heterocycles. The van der Waals surface area contributed by atoms with Crippen LogP contribution < -0.4 is 10.5 Å². The molecule has 0 atom stereocenters. The number of ether oxygens (including phenoxy) is 2. The van der Waals surface area contributed by atoms with Gasteiger partial charge in [0.1, 0.15) is 5.75 Å². The molecule has 3 heteroatoms. The summed E-state index contributed by atoms with van der Waals surface area (Å²) in [7, 11) is 0. The van der Waals surface area contributed by atoms with Gasteiger partial charge in [-0.2, -0.15) is 0 Å². The molecule has 2 N–H and O–H groups in total. The number of nitrogen functional groups attached to an aromatic ring is 1. The Morgan fingerprint density at radius 3 is 2.65 bits per heavy atom. The molecule has 94 valence electrons. The van der Waals surface area contributed by atoms with Crippen LogP contribution in [0.2, 0.25) is 0 Å². The van der Waals surface area contributed by atoms with Gasteiger partial charge < -0.3 is 15.2 Å². The molecule has 0 bridgehead atoms. The summed E-state index contributed by atoms with van der Waals surface area (Å²) >= 11 is 0. The van der Waals surface area contributed by atoms with Crippen molar-refractivity contribution in [3.63, 3.8) is 0 Å². The Balaban J connectivity index is 1.58. The molecule has 3 nitrogen and oxygen atoms in total. The van der Waals surface area contributed by atoms with Crippen molar-refractivity contribution < 1.29 is 9.47 Å². The molecule has 0 amide bonds. The van der Waals surface area contributed by atoms with Crippen LogP contribution in [-0.2, 0) is 4.74 Å². The summed E-state index contributed by atoms with van der Waals surface area (Å²) in [5.41, 5.74) is 6.48. The monoisotopic (exact) mass is 235 g/mol. The van der Waals surface area contributed by atoms with Gasteiger partial charge >= 0.3 is 0 Å². The Hall–Kier alpha value is -1.22. The minimum Gasteiger partial charge on any atom is -0.491 e. The van der Waals surface area contributed by atoms with Gasteiger partial charge in [-0.3, -0.25) is 0 Å². The quantitative estimate of drug-likeness (QED) is 0.609. The Labute approximate surface area is 103 Å². The van der Waals surface area contributed by atoms with E-state index in [0.29, 0.717) is 18.4 Å². The minimum absolute atomic E-state index is 0.497. The summed E-state index contributed by atoms with van der Waals surface area (Å²) in [6.45, 7) is 1.46. The molecular formula is C14H21NO2. The van der Waals surface area contributed by atoms with Crippen LogP contribution in [-0.4, -0.2) is 19.3 Å². The van der Waals surface area contributed by atoms with E-state index in [1.165, 1.54) is 25.7 Å². The molecule has 1 aliphatic rings. The van der Waals surface area contributed by atoms with Crippen LogP contribution in [0, 0.1) is 0 Å². The Kier molecular flexibility index (Phi) is 4.68. The Bertz CT molecular complexity index is 335. The lowest BCUT2D eigenvalue weighted by Crippen LogP contribution is -2.11. The van der Waals surface area contributed by atoms with E-state index >= 15 is 0 Å². The zero-order valence-electron chi connectivity index (χ0n) is 10.2. The fraction of sp³-hybridized carbons (Fsp3) is 0.571. The average molecular weight is 235 g/mol. The Morgan fingerprint density at radius 1 is 1.12 bits per heavy atom. The highest BCUT2D eigenvalue weighted by molar-refractivity contribution is 5.51. The summed E-state index contributed by atoms with van der Waals surface area (Å²) in [4.78, 5) is 0. The second-order valence-corrected chi connectivity index (χ2v) is 4.52. The van der Waals surface area contributed by atoms with Crippen molar-refractivity contribution in [3.8, 4) is 5.75 Å². The molecule has 0 unspecified atom stereocenters. The maximum Gasteiger partial charge on any atom is 0.142 e. The van der Waals surface area contributed by atoms with Crippen molar-refractivity contribution in [2.75, 3.05) is 18.9 Å². The van der Waals surface area contributed by atoms with Crippen LogP contribution in [0.1, 0.15) is 32.1 Å². The smallest absolute Gasteiger partial charge is 0.142 e. The molecule has 0 radical (unpaired) electrons. The largest absolute Gasteiger partial charge is 0.491 e. The van der Waals surface area contributed by atoms with Gasteiger partial charge in [0.2, 0.25) is 0 Å². The van der Waals surface area contributed by atoms with Gasteiger partial charge in [-0.15, -0.1) is 0 Å². The number of para-hydroxylation sites is 2. The lowest BCUT2D eigenvalue weighted by molar-refractivity contribution is 0.0506. The predicted molar refractivity (Wildman–Crippen MR) is 69.2 cm³/mol. The summed E-state index contributed by atoms with van der Waals surface area (Å²) < 4.78 is 11.4. The number of hydrogen-bond donors (Lipinski definition) is 1. The van der Waals surface area contributed by atoms with Crippen molar-refractivity contribution in [1.29, 1.82) is 0 Å². The number of nitrogens with two attached hydrogens (primary N) is 1. The van der Waals surface area contributed by atoms with Gasteiger partial charge in [-0.25, -0.2) is 0 Å². The summed E-state index contributed by atoms with van der Waals surface area (Å²) in [5, 5.41) is 0. The number of benzene rings is 1. The highest BCUT2D eigenvalue weighted by atomic mass is 16.5. The first-order chi connectivity index (χ1) is 8.36. The first-order valence-electron chi connectivity index (χ1n) is 6.45. The number of anilines is 1. The summed E-state index contributed by atoms with van der Waals surface area (Å²) in [6.07, 6.45) is 6.52. The summed E-state index contributed by atoms with van der Waals surface area (Å²) in [5.74, 6) is 0.772. The van der Waals surface area contributed by atoms with Crippen molar-refractivity contribution in [3.05, 3.63) is 24.3 Å². The predicted octanol–water partition coefficient (Wildman–Crippen LogP) is 3.00. The van der Waals surface area contributed by atoms with E-state index in [0.717, 1.165) is 18.8 Å². The normalized spacial score (nSPS) is 16.2. The molecule has 2 rings (SSSR count). The van der Waals surface area contributed by atoms with Crippen LogP contribution >= 0.6 is 0 Å². The topological polar surface area (TPSA) is 44.5 Å². The van der Waals surface area contributed by atoms with Gasteiger partial charge in [-0.1, -0.05) is 25.0 Å². The number of rotatable bonds is 6. The molecule has 1 fully saturated rings. The third kappa shape index (κ3) is 3.93. The van der Waals surface area contributed by atoms with Crippen LogP contribution in [0.25, 0.3) is 0 Å². The second kappa shape index (κ2) is 6.50. The molecule has 1 aromatic carbocycles. The van der Waals surface area contributed by atoms with Crippen molar-refractivity contribution in [1.82, 2.24) is 0 Å². The van der Waals surface area contributed by atoms with Crippen LogP contribution in [0.5, 0.6) is 5.75 Å². The van der Waals surface area contributed by atoms with Crippen molar-refractivity contribution in [2.45, 2.75) is 38.2 Å². The first-order valence-corrected chi connectivity index (χ1v) is 6.45. The van der Waals surface area contributed by atoms with Gasteiger partial charge in [-0.05, 0) is 25.0 Å². The zero-order valence-corrected chi connectivity index (χ0v) is 10.2. The van der Waals surface area contributed by atoms with E-state index in [2.05, 4.69) is 0 Å². The van der Waals surface area contributed by atoms with Crippen LogP contribution in [0.15, 0.2) is 24.3 Å². The maximum atomic E-state index is 5.78. The fourth-order valence-corrected chi connectivity index (χ4v) is 2.16. The fourth-order valence-electron chi connectivity index (χ4n) is 2.16. The summed E-state index contributed by atoms with van der Waals surface area (Å²) in [6, 6.07) is 7.59. The van der Waals surface area contributed by atoms with Gasteiger partial charge in [0, 0.05) is 6.42 Å². The van der Waals surface area contributed by atoms with E-state index in [4.69, 9.17) is 15.2 Å². The van der Waals surface area contributed by atoms with E-state index in [1.807, 2.05) is 24.3 Å². The zero-order chi connectivity index (χ0) is 11.9. The molecule has 1 saturated carbocycles. The molecule has 1 aromatic rings. The highest BCUT2D eigenvalue weighted by Gasteiger charge is 2.14. The molecule has 0 aliphatic heterocycles. The second-order valence-electron chi connectivity index (χ2n) is 4.52. The van der Waals surface area contributed by atoms with E-state index in [1.54, 1.807) is 0 Å². The minimum atomic E-state index is 0.497. The molecule has 1 aliphatic carbocycles. The van der Waals surface area contributed by atoms with E-state index in [-0.39, 0.29) is 0 Å². The Morgan fingerprint density at radius 2 is 1.88 bits per heavy atom. The lowest BCUT2D eigenvalue weighted by atomic mass is 10.3.